The fourth-order valence-electron chi connectivity index (χ4n) is 2.88. The smallest absolute Gasteiger partial charge is 0.294 e. The molecule has 4 rings (SSSR count). The molecule has 0 N–H and O–H groups in total. The number of hydrogen-bond donors (Lipinski definition) is 0. The number of amides is 1. The largest absolute Gasteiger partial charge is 0.336 e. The standard InChI is InChI=1S/C16H12N2O/c19-16-15(12-6-2-3-7-13(12)17-16)18-10-9-11-5-1-4-8-14(11)18/h1-8H,9-10H2. The molecule has 0 spiro atoms. The first kappa shape index (κ1) is 10.5. The van der Waals surface area contributed by atoms with Gasteiger partial charge in [-0.05, 0) is 24.1 Å². The molecule has 2 heterocycles. The molecule has 3 heteroatoms. The number of rotatable bonds is 1. The van der Waals surface area contributed by atoms with Crippen LogP contribution in [-0.2, 0) is 11.2 Å². The number of carbonyl (C=O) groups is 1. The highest BCUT2D eigenvalue weighted by Crippen LogP contribution is 2.31. The van der Waals surface area contributed by atoms with Crippen molar-refractivity contribution in [2.24, 2.45) is 4.99 Å². The zero-order chi connectivity index (χ0) is 12.8. The van der Waals surface area contributed by atoms with Gasteiger partial charge in [0.2, 0.25) is 0 Å². The van der Waals surface area contributed by atoms with Gasteiger partial charge in [-0.15, -0.1) is 0 Å². The number of fused-ring (bicyclic) bond motifs is 2. The third kappa shape index (κ3) is 1.45. The summed E-state index contributed by atoms with van der Waals surface area (Å²) in [5, 5.41) is 1.73. The van der Waals surface area contributed by atoms with Gasteiger partial charge in [-0.3, -0.25) is 4.79 Å². The van der Waals surface area contributed by atoms with Crippen molar-refractivity contribution in [1.82, 2.24) is 0 Å². The summed E-state index contributed by atoms with van der Waals surface area (Å²) in [5.74, 6) is -0.127. The molecule has 19 heavy (non-hydrogen) atoms. The maximum Gasteiger partial charge on any atom is 0.294 e. The van der Waals surface area contributed by atoms with E-state index in [0.29, 0.717) is 0 Å². The fourth-order valence-corrected chi connectivity index (χ4v) is 2.88. The van der Waals surface area contributed by atoms with Crippen molar-refractivity contribution in [3.63, 3.8) is 0 Å². The minimum Gasteiger partial charge on any atom is -0.336 e. The van der Waals surface area contributed by atoms with Crippen molar-refractivity contribution >= 4 is 17.3 Å². The number of anilines is 1. The van der Waals surface area contributed by atoms with Gasteiger partial charge in [0.25, 0.3) is 5.91 Å². The molecule has 0 radical (unpaired) electrons. The summed E-state index contributed by atoms with van der Waals surface area (Å²) < 4.78 is 0. The lowest BCUT2D eigenvalue weighted by molar-refractivity contribution is -0.112. The molecular formula is C16H12N2O. The average Bonchev–Trinajstić information content (AvgIpc) is 2.98. The van der Waals surface area contributed by atoms with Crippen LogP contribution in [0.3, 0.4) is 0 Å². The number of nitrogens with zero attached hydrogens (tertiary/aromatic N) is 2. The van der Waals surface area contributed by atoms with E-state index in [1.54, 1.807) is 0 Å². The summed E-state index contributed by atoms with van der Waals surface area (Å²) in [6, 6.07) is 16.0. The Bertz CT molecular complexity index is 807. The Kier molecular flexibility index (Phi) is 2.09. The maximum atomic E-state index is 12.2. The zero-order valence-corrected chi connectivity index (χ0v) is 10.3. The Morgan fingerprint density at radius 3 is 2.74 bits per heavy atom. The third-order valence-corrected chi connectivity index (χ3v) is 3.74. The van der Waals surface area contributed by atoms with Crippen molar-refractivity contribution in [1.29, 1.82) is 0 Å². The molecule has 2 aliphatic rings. The van der Waals surface area contributed by atoms with E-state index in [4.69, 9.17) is 0 Å². The quantitative estimate of drug-likeness (QED) is 0.754. The summed E-state index contributed by atoms with van der Waals surface area (Å²) in [6.07, 6.45) is 0.981. The summed E-state index contributed by atoms with van der Waals surface area (Å²) in [6.45, 7) is 0.851. The van der Waals surface area contributed by atoms with Crippen LogP contribution in [0.5, 0.6) is 0 Å². The van der Waals surface area contributed by atoms with Crippen LogP contribution >= 0.6 is 0 Å². The second-order valence-corrected chi connectivity index (χ2v) is 4.81. The molecule has 1 amide bonds. The predicted octanol–water partition coefficient (Wildman–Crippen LogP) is 1.02. The van der Waals surface area contributed by atoms with Crippen molar-refractivity contribution in [3.8, 4) is 0 Å². The van der Waals surface area contributed by atoms with E-state index in [1.165, 1.54) is 5.56 Å². The van der Waals surface area contributed by atoms with Crippen molar-refractivity contribution in [3.05, 3.63) is 64.7 Å². The van der Waals surface area contributed by atoms with E-state index in [-0.39, 0.29) is 5.91 Å². The Labute approximate surface area is 110 Å². The SMILES string of the molecule is O=C1N=c2ccccc2=C1N1CCc2ccccc21. The van der Waals surface area contributed by atoms with E-state index >= 15 is 0 Å². The van der Waals surface area contributed by atoms with Gasteiger partial charge in [-0.25, -0.2) is 4.99 Å². The molecular weight excluding hydrogens is 236 g/mol. The zero-order valence-electron chi connectivity index (χ0n) is 10.3. The molecule has 0 bridgehead atoms. The Morgan fingerprint density at radius 1 is 1.00 bits per heavy atom. The summed E-state index contributed by atoms with van der Waals surface area (Å²) in [4.78, 5) is 18.4. The summed E-state index contributed by atoms with van der Waals surface area (Å²) >= 11 is 0. The van der Waals surface area contributed by atoms with E-state index in [1.807, 2.05) is 36.4 Å². The highest BCUT2D eigenvalue weighted by atomic mass is 16.1. The molecule has 92 valence electrons. The monoisotopic (exact) mass is 248 g/mol. The molecule has 2 aliphatic heterocycles. The number of benzene rings is 2. The molecule has 0 aliphatic carbocycles. The van der Waals surface area contributed by atoms with Crippen LogP contribution < -0.4 is 15.5 Å². The molecule has 0 fully saturated rings. The van der Waals surface area contributed by atoms with E-state index in [2.05, 4.69) is 22.0 Å². The van der Waals surface area contributed by atoms with Crippen molar-refractivity contribution < 1.29 is 4.79 Å². The predicted molar refractivity (Wildman–Crippen MR) is 73.1 cm³/mol. The molecule has 0 saturated carbocycles. The first-order chi connectivity index (χ1) is 9.34. The first-order valence-electron chi connectivity index (χ1n) is 6.42. The fraction of sp³-hybridized carbons (Fsp3) is 0.125. The topological polar surface area (TPSA) is 32.7 Å². The van der Waals surface area contributed by atoms with Crippen molar-refractivity contribution in [2.75, 3.05) is 11.4 Å². The average molecular weight is 248 g/mol. The molecule has 2 aromatic carbocycles. The Hall–Kier alpha value is -2.42. The van der Waals surface area contributed by atoms with Gasteiger partial charge >= 0.3 is 0 Å². The van der Waals surface area contributed by atoms with Gasteiger partial charge in [-0.2, -0.15) is 0 Å². The second-order valence-electron chi connectivity index (χ2n) is 4.81. The highest BCUT2D eigenvalue weighted by Gasteiger charge is 2.28. The third-order valence-electron chi connectivity index (χ3n) is 3.74. The Morgan fingerprint density at radius 2 is 1.79 bits per heavy atom. The lowest BCUT2D eigenvalue weighted by atomic mass is 10.2. The second kappa shape index (κ2) is 3.79. The minimum absolute atomic E-state index is 0.127. The van der Waals surface area contributed by atoms with E-state index in [0.717, 1.165) is 34.9 Å². The molecule has 0 saturated heterocycles. The van der Waals surface area contributed by atoms with Crippen LogP contribution in [0.15, 0.2) is 53.5 Å². The number of para-hydroxylation sites is 2. The summed E-state index contributed by atoms with van der Waals surface area (Å²) in [5.41, 5.74) is 3.16. The lowest BCUT2D eigenvalue weighted by Crippen LogP contribution is -2.31. The first-order valence-corrected chi connectivity index (χ1v) is 6.42. The van der Waals surface area contributed by atoms with Crippen LogP contribution in [0, 0.1) is 0 Å². The van der Waals surface area contributed by atoms with Gasteiger partial charge in [0.15, 0.2) is 0 Å². The Balaban J connectivity index is 1.97. The molecule has 2 aromatic rings. The van der Waals surface area contributed by atoms with Crippen LogP contribution in [0.2, 0.25) is 0 Å². The highest BCUT2D eigenvalue weighted by molar-refractivity contribution is 6.19. The minimum atomic E-state index is -0.127. The normalized spacial score (nSPS) is 16.3. The van der Waals surface area contributed by atoms with E-state index in [9.17, 15) is 4.79 Å². The summed E-state index contributed by atoms with van der Waals surface area (Å²) in [7, 11) is 0. The van der Waals surface area contributed by atoms with Gasteiger partial charge in [-0.1, -0.05) is 36.4 Å². The van der Waals surface area contributed by atoms with Crippen LogP contribution in [0.4, 0.5) is 5.69 Å². The van der Waals surface area contributed by atoms with Crippen LogP contribution in [0.25, 0.3) is 5.70 Å². The van der Waals surface area contributed by atoms with Gasteiger partial charge < -0.3 is 4.90 Å². The van der Waals surface area contributed by atoms with Gasteiger partial charge in [0.05, 0.1) is 5.36 Å². The molecule has 0 aromatic heterocycles. The van der Waals surface area contributed by atoms with Crippen LogP contribution in [0.1, 0.15) is 5.56 Å². The van der Waals surface area contributed by atoms with E-state index < -0.39 is 0 Å². The maximum absolute atomic E-state index is 12.2. The van der Waals surface area contributed by atoms with Crippen LogP contribution in [-0.4, -0.2) is 12.5 Å². The molecule has 0 atom stereocenters. The lowest BCUT2D eigenvalue weighted by Gasteiger charge is -2.19. The number of carbonyl (C=O) groups excluding carboxylic acids is 1. The molecule has 3 nitrogen and oxygen atoms in total. The van der Waals surface area contributed by atoms with Gasteiger partial charge in [0.1, 0.15) is 5.70 Å². The van der Waals surface area contributed by atoms with Crippen molar-refractivity contribution in [2.45, 2.75) is 6.42 Å². The van der Waals surface area contributed by atoms with Gasteiger partial charge in [0, 0.05) is 17.5 Å². The molecule has 0 unspecified atom stereocenters. The number of hydrogen-bond acceptors (Lipinski definition) is 2.